The van der Waals surface area contributed by atoms with E-state index in [1.54, 1.807) is 0 Å². The topological polar surface area (TPSA) is 21.3 Å². The largest absolute Gasteiger partial charge is 0.378 e. The lowest BCUT2D eigenvalue weighted by atomic mass is 9.95. The Morgan fingerprint density at radius 3 is 2.62 bits per heavy atom. The first-order valence-electron chi connectivity index (χ1n) is 6.94. The molecule has 0 aliphatic carbocycles. The fourth-order valence-corrected chi connectivity index (χ4v) is 2.29. The highest BCUT2D eigenvalue weighted by Gasteiger charge is 2.24. The molecular weight excluding hydrogens is 198 g/mol. The maximum absolute atomic E-state index is 5.77. The Bertz CT molecular complexity index is 180. The van der Waals surface area contributed by atoms with Crippen molar-refractivity contribution in [3.8, 4) is 0 Å². The highest BCUT2D eigenvalue weighted by molar-refractivity contribution is 4.78. The summed E-state index contributed by atoms with van der Waals surface area (Å²) >= 11 is 0. The maximum atomic E-state index is 5.77. The van der Waals surface area contributed by atoms with Crippen LogP contribution in [0.25, 0.3) is 0 Å². The van der Waals surface area contributed by atoms with Gasteiger partial charge in [-0.25, -0.2) is 0 Å². The number of nitrogens with one attached hydrogen (secondary N) is 1. The van der Waals surface area contributed by atoms with E-state index in [1.165, 1.54) is 32.2 Å². The minimum absolute atomic E-state index is 0.469. The first-order chi connectivity index (χ1) is 7.59. The van der Waals surface area contributed by atoms with Crippen LogP contribution in [-0.2, 0) is 4.74 Å². The van der Waals surface area contributed by atoms with E-state index in [1.807, 2.05) is 0 Å². The molecule has 16 heavy (non-hydrogen) atoms. The van der Waals surface area contributed by atoms with Crippen molar-refractivity contribution in [2.24, 2.45) is 11.8 Å². The lowest BCUT2D eigenvalue weighted by Crippen LogP contribution is -2.41. The van der Waals surface area contributed by atoms with Crippen LogP contribution in [0.15, 0.2) is 0 Å². The summed E-state index contributed by atoms with van der Waals surface area (Å²) in [6.07, 6.45) is 5.49. The lowest BCUT2D eigenvalue weighted by molar-refractivity contribution is -0.0243. The molecule has 2 atom stereocenters. The number of rotatable bonds is 6. The SMILES string of the molecule is CC(C)CCCNC1CCOC(C(C)C)C1. The summed E-state index contributed by atoms with van der Waals surface area (Å²) in [5.41, 5.74) is 0. The molecule has 0 aromatic heterocycles. The predicted molar refractivity (Wildman–Crippen MR) is 69.7 cm³/mol. The van der Waals surface area contributed by atoms with Gasteiger partial charge < -0.3 is 10.1 Å². The van der Waals surface area contributed by atoms with Crippen molar-refractivity contribution in [2.75, 3.05) is 13.2 Å². The molecule has 1 rings (SSSR count). The summed E-state index contributed by atoms with van der Waals surface area (Å²) in [4.78, 5) is 0. The average Bonchev–Trinajstić information content (AvgIpc) is 2.24. The standard InChI is InChI=1S/C14H29NO/c1-11(2)6-5-8-15-13-7-9-16-14(10-13)12(3)4/h11-15H,5-10H2,1-4H3. The van der Waals surface area contributed by atoms with Crippen LogP contribution in [0.2, 0.25) is 0 Å². The first-order valence-corrected chi connectivity index (χ1v) is 6.94. The Morgan fingerprint density at radius 1 is 1.25 bits per heavy atom. The molecule has 0 saturated carbocycles. The van der Waals surface area contributed by atoms with Gasteiger partial charge in [-0.2, -0.15) is 0 Å². The van der Waals surface area contributed by atoms with E-state index in [4.69, 9.17) is 4.74 Å². The van der Waals surface area contributed by atoms with Gasteiger partial charge in [-0.1, -0.05) is 27.7 Å². The smallest absolute Gasteiger partial charge is 0.0612 e. The number of hydrogen-bond acceptors (Lipinski definition) is 2. The zero-order valence-electron chi connectivity index (χ0n) is 11.5. The molecule has 2 unspecified atom stereocenters. The Labute approximate surface area is 101 Å². The Balaban J connectivity index is 2.12. The highest BCUT2D eigenvalue weighted by Crippen LogP contribution is 2.20. The van der Waals surface area contributed by atoms with Gasteiger partial charge in [0, 0.05) is 12.6 Å². The van der Waals surface area contributed by atoms with Gasteiger partial charge in [-0.3, -0.25) is 0 Å². The lowest BCUT2D eigenvalue weighted by Gasteiger charge is -2.32. The van der Waals surface area contributed by atoms with Gasteiger partial charge in [0.1, 0.15) is 0 Å². The minimum atomic E-state index is 0.469. The third kappa shape index (κ3) is 5.31. The Hall–Kier alpha value is -0.0800. The van der Waals surface area contributed by atoms with Crippen LogP contribution >= 0.6 is 0 Å². The third-order valence-electron chi connectivity index (χ3n) is 3.45. The van der Waals surface area contributed by atoms with E-state index in [-0.39, 0.29) is 0 Å². The van der Waals surface area contributed by atoms with Crippen LogP contribution in [0.5, 0.6) is 0 Å². The van der Waals surface area contributed by atoms with Crippen LogP contribution in [0.3, 0.4) is 0 Å². The average molecular weight is 227 g/mol. The summed E-state index contributed by atoms with van der Waals surface area (Å²) in [6, 6.07) is 0.688. The van der Waals surface area contributed by atoms with Crippen LogP contribution < -0.4 is 5.32 Å². The molecule has 0 spiro atoms. The van der Waals surface area contributed by atoms with Crippen LogP contribution in [0.1, 0.15) is 53.4 Å². The molecule has 1 heterocycles. The second-order valence-corrected chi connectivity index (χ2v) is 5.86. The number of ether oxygens (including phenoxy) is 1. The zero-order valence-corrected chi connectivity index (χ0v) is 11.5. The van der Waals surface area contributed by atoms with Crippen molar-refractivity contribution >= 4 is 0 Å². The molecule has 0 aromatic carbocycles. The molecule has 2 heteroatoms. The van der Waals surface area contributed by atoms with E-state index in [0.29, 0.717) is 18.1 Å². The summed E-state index contributed by atoms with van der Waals surface area (Å²) in [5.74, 6) is 1.49. The number of hydrogen-bond donors (Lipinski definition) is 1. The van der Waals surface area contributed by atoms with E-state index in [9.17, 15) is 0 Å². The van der Waals surface area contributed by atoms with Gasteiger partial charge >= 0.3 is 0 Å². The molecular formula is C14H29NO. The monoisotopic (exact) mass is 227 g/mol. The van der Waals surface area contributed by atoms with Crippen molar-refractivity contribution < 1.29 is 4.74 Å². The second-order valence-electron chi connectivity index (χ2n) is 5.86. The van der Waals surface area contributed by atoms with Gasteiger partial charge in [0.15, 0.2) is 0 Å². The highest BCUT2D eigenvalue weighted by atomic mass is 16.5. The van der Waals surface area contributed by atoms with Crippen molar-refractivity contribution in [3.05, 3.63) is 0 Å². The first kappa shape index (κ1) is 14.0. The second kappa shape index (κ2) is 7.29. The van der Waals surface area contributed by atoms with Crippen LogP contribution in [0.4, 0.5) is 0 Å². The van der Waals surface area contributed by atoms with Gasteiger partial charge in [0.2, 0.25) is 0 Å². The Morgan fingerprint density at radius 2 is 2.00 bits per heavy atom. The summed E-state index contributed by atoms with van der Waals surface area (Å²) in [5, 5.41) is 3.68. The van der Waals surface area contributed by atoms with E-state index in [2.05, 4.69) is 33.0 Å². The van der Waals surface area contributed by atoms with Crippen molar-refractivity contribution in [1.82, 2.24) is 5.32 Å². The van der Waals surface area contributed by atoms with E-state index >= 15 is 0 Å². The predicted octanol–water partition coefficient (Wildman–Crippen LogP) is 3.22. The van der Waals surface area contributed by atoms with Crippen molar-refractivity contribution in [3.63, 3.8) is 0 Å². The van der Waals surface area contributed by atoms with Gasteiger partial charge in [-0.15, -0.1) is 0 Å². The molecule has 1 N–H and O–H groups in total. The molecule has 1 saturated heterocycles. The fourth-order valence-electron chi connectivity index (χ4n) is 2.29. The zero-order chi connectivity index (χ0) is 12.0. The Kier molecular flexibility index (Phi) is 6.37. The van der Waals surface area contributed by atoms with Gasteiger partial charge in [-0.05, 0) is 44.1 Å². The quantitative estimate of drug-likeness (QED) is 0.704. The summed E-state index contributed by atoms with van der Waals surface area (Å²) in [7, 11) is 0. The van der Waals surface area contributed by atoms with Gasteiger partial charge in [0.05, 0.1) is 6.10 Å². The molecule has 1 aliphatic rings. The molecule has 1 fully saturated rings. The normalized spacial score (nSPS) is 26.6. The maximum Gasteiger partial charge on any atom is 0.0612 e. The minimum Gasteiger partial charge on any atom is -0.378 e. The van der Waals surface area contributed by atoms with Gasteiger partial charge in [0.25, 0.3) is 0 Å². The van der Waals surface area contributed by atoms with Crippen LogP contribution in [-0.4, -0.2) is 25.3 Å². The third-order valence-corrected chi connectivity index (χ3v) is 3.45. The van der Waals surface area contributed by atoms with Crippen LogP contribution in [0, 0.1) is 11.8 Å². The van der Waals surface area contributed by atoms with Crippen molar-refractivity contribution in [2.45, 2.75) is 65.5 Å². The van der Waals surface area contributed by atoms with Crippen molar-refractivity contribution in [1.29, 1.82) is 0 Å². The molecule has 0 amide bonds. The molecule has 0 bridgehead atoms. The fraction of sp³-hybridized carbons (Fsp3) is 1.00. The molecule has 0 radical (unpaired) electrons. The van der Waals surface area contributed by atoms with E-state index in [0.717, 1.165) is 12.5 Å². The summed E-state index contributed by atoms with van der Waals surface area (Å²) in [6.45, 7) is 11.2. The molecule has 0 aromatic rings. The molecule has 1 aliphatic heterocycles. The summed E-state index contributed by atoms with van der Waals surface area (Å²) < 4.78 is 5.77. The van der Waals surface area contributed by atoms with E-state index < -0.39 is 0 Å². The molecule has 96 valence electrons. The molecule has 2 nitrogen and oxygen atoms in total.